The molecule has 0 saturated heterocycles. The lowest BCUT2D eigenvalue weighted by Crippen LogP contribution is -2.42. The molecule has 1 aliphatic rings. The molecule has 1 fully saturated rings. The fourth-order valence-electron chi connectivity index (χ4n) is 4.58. The van der Waals surface area contributed by atoms with Crippen molar-refractivity contribution in [1.29, 1.82) is 0 Å². The van der Waals surface area contributed by atoms with Gasteiger partial charge >= 0.3 is 0 Å². The van der Waals surface area contributed by atoms with Gasteiger partial charge in [0, 0.05) is 32.5 Å². The molecule has 1 unspecified atom stereocenters. The lowest BCUT2D eigenvalue weighted by atomic mass is 9.79. The molecule has 1 aliphatic carbocycles. The van der Waals surface area contributed by atoms with Gasteiger partial charge in [0.25, 0.3) is 0 Å². The zero-order valence-corrected chi connectivity index (χ0v) is 21.5. The number of allylic oxidation sites excluding steroid dienone is 5. The van der Waals surface area contributed by atoms with Crippen molar-refractivity contribution in [2.75, 3.05) is 26.7 Å². The van der Waals surface area contributed by atoms with Crippen LogP contribution in [0, 0.1) is 17.8 Å². The molecule has 34 heavy (non-hydrogen) atoms. The first-order chi connectivity index (χ1) is 16.2. The Balaban J connectivity index is 2.20. The highest BCUT2D eigenvalue weighted by atomic mass is 16.2. The number of hydrogen-bond donors (Lipinski definition) is 2. The van der Waals surface area contributed by atoms with Crippen LogP contribution in [0.3, 0.4) is 0 Å². The van der Waals surface area contributed by atoms with Gasteiger partial charge in [-0.2, -0.15) is 0 Å². The molecule has 1 saturated carbocycles. The Kier molecular flexibility index (Phi) is 13.9. The lowest BCUT2D eigenvalue weighted by molar-refractivity contribution is -0.137. The fraction of sp³-hybridized carbons (Fsp3) is 0.607. The predicted octanol–water partition coefficient (Wildman–Crippen LogP) is 4.55. The average Bonchev–Trinajstić information content (AvgIpc) is 2.79. The zero-order chi connectivity index (χ0) is 25.5. The molecule has 6 heteroatoms. The molecule has 0 aromatic carbocycles. The maximum atomic E-state index is 12.5. The van der Waals surface area contributed by atoms with Gasteiger partial charge in [-0.15, -0.1) is 0 Å². The van der Waals surface area contributed by atoms with Crippen molar-refractivity contribution in [3.8, 4) is 0 Å². The molecule has 190 valence electrons. The quantitative estimate of drug-likeness (QED) is 0.209. The number of likely N-dealkylation sites (N-methyl/N-ethyl adjacent to an activating group) is 1. The summed E-state index contributed by atoms with van der Waals surface area (Å²) < 4.78 is 0. The smallest absolute Gasteiger partial charge is 0.239 e. The Morgan fingerprint density at radius 3 is 2.38 bits per heavy atom. The van der Waals surface area contributed by atoms with E-state index < -0.39 is 0 Å². The van der Waals surface area contributed by atoms with Gasteiger partial charge in [0.05, 0.1) is 6.54 Å². The third kappa shape index (κ3) is 12.0. The number of hydrogen-bond acceptors (Lipinski definition) is 3. The minimum Gasteiger partial charge on any atom is -0.354 e. The largest absolute Gasteiger partial charge is 0.354 e. The Labute approximate surface area is 206 Å². The summed E-state index contributed by atoms with van der Waals surface area (Å²) in [6, 6.07) is 0. The molecule has 0 radical (unpaired) electrons. The molecule has 0 bridgehead atoms. The number of carbonyl (C=O) groups is 3. The third-order valence-electron chi connectivity index (χ3n) is 6.41. The van der Waals surface area contributed by atoms with E-state index in [1.807, 2.05) is 13.0 Å². The van der Waals surface area contributed by atoms with Crippen molar-refractivity contribution in [2.45, 2.75) is 65.2 Å². The first-order valence-electron chi connectivity index (χ1n) is 12.5. The van der Waals surface area contributed by atoms with Gasteiger partial charge in [-0.1, -0.05) is 76.6 Å². The van der Waals surface area contributed by atoms with Crippen molar-refractivity contribution >= 4 is 17.7 Å². The Morgan fingerprint density at radius 2 is 1.76 bits per heavy atom. The van der Waals surface area contributed by atoms with Gasteiger partial charge in [-0.05, 0) is 43.1 Å². The summed E-state index contributed by atoms with van der Waals surface area (Å²) in [5.74, 6) is 0.865. The average molecular weight is 472 g/mol. The minimum absolute atomic E-state index is 0.0225. The summed E-state index contributed by atoms with van der Waals surface area (Å²) in [5.41, 5.74) is 2.08. The van der Waals surface area contributed by atoms with Crippen molar-refractivity contribution in [3.63, 3.8) is 0 Å². The van der Waals surface area contributed by atoms with E-state index in [0.717, 1.165) is 29.4 Å². The van der Waals surface area contributed by atoms with Crippen LogP contribution in [-0.2, 0) is 14.4 Å². The van der Waals surface area contributed by atoms with E-state index in [1.54, 1.807) is 19.2 Å². The highest BCUT2D eigenvalue weighted by molar-refractivity contribution is 5.85. The Morgan fingerprint density at radius 1 is 1.09 bits per heavy atom. The molecule has 3 amide bonds. The van der Waals surface area contributed by atoms with Crippen LogP contribution in [0.25, 0.3) is 0 Å². The number of rotatable bonds is 15. The highest BCUT2D eigenvalue weighted by Crippen LogP contribution is 2.33. The minimum atomic E-state index is -0.266. The predicted molar refractivity (Wildman–Crippen MR) is 140 cm³/mol. The van der Waals surface area contributed by atoms with Gasteiger partial charge in [0.1, 0.15) is 0 Å². The normalized spacial score (nSPS) is 19.0. The Bertz CT molecular complexity index is 756. The van der Waals surface area contributed by atoms with Gasteiger partial charge in [0.15, 0.2) is 0 Å². The molecule has 0 aromatic heterocycles. The van der Waals surface area contributed by atoms with Crippen LogP contribution < -0.4 is 10.6 Å². The lowest BCUT2D eigenvalue weighted by Gasteiger charge is -2.27. The summed E-state index contributed by atoms with van der Waals surface area (Å²) in [7, 11) is 1.62. The van der Waals surface area contributed by atoms with Crippen LogP contribution >= 0.6 is 0 Å². The summed E-state index contributed by atoms with van der Waals surface area (Å²) >= 11 is 0. The van der Waals surface area contributed by atoms with Crippen LogP contribution in [0.15, 0.2) is 49.1 Å². The van der Waals surface area contributed by atoms with E-state index in [0.29, 0.717) is 32.4 Å². The summed E-state index contributed by atoms with van der Waals surface area (Å²) in [5, 5.41) is 5.59. The molecular formula is C28H45N3O3. The molecule has 0 aromatic rings. The van der Waals surface area contributed by atoms with Crippen molar-refractivity contribution in [1.82, 2.24) is 15.5 Å². The van der Waals surface area contributed by atoms with E-state index in [4.69, 9.17) is 0 Å². The van der Waals surface area contributed by atoms with Crippen LogP contribution in [0.1, 0.15) is 65.2 Å². The van der Waals surface area contributed by atoms with Crippen LogP contribution in [0.5, 0.6) is 0 Å². The second kappa shape index (κ2) is 16.1. The van der Waals surface area contributed by atoms with Crippen LogP contribution in [0.4, 0.5) is 0 Å². The first-order valence-corrected chi connectivity index (χ1v) is 12.5. The Hall–Kier alpha value is -2.63. The van der Waals surface area contributed by atoms with Crippen molar-refractivity contribution < 1.29 is 14.4 Å². The summed E-state index contributed by atoms with van der Waals surface area (Å²) in [4.78, 5) is 38.2. The van der Waals surface area contributed by atoms with Gasteiger partial charge in [0.2, 0.25) is 17.7 Å². The molecule has 0 aliphatic heterocycles. The second-order valence-corrected chi connectivity index (χ2v) is 9.77. The van der Waals surface area contributed by atoms with E-state index >= 15 is 0 Å². The number of carbonyl (C=O) groups excluding carboxylic acids is 3. The fourth-order valence-corrected chi connectivity index (χ4v) is 4.58. The molecule has 0 spiro atoms. The molecule has 3 atom stereocenters. The summed E-state index contributed by atoms with van der Waals surface area (Å²) in [6.07, 6.45) is 13.1. The monoisotopic (exact) mass is 471 g/mol. The molecule has 0 heterocycles. The van der Waals surface area contributed by atoms with Gasteiger partial charge < -0.3 is 15.5 Å². The number of nitrogens with zero attached hydrogens (tertiary/aromatic N) is 1. The molecule has 6 nitrogen and oxygen atoms in total. The van der Waals surface area contributed by atoms with E-state index in [1.165, 1.54) is 30.6 Å². The maximum absolute atomic E-state index is 12.5. The first kappa shape index (κ1) is 29.4. The van der Waals surface area contributed by atoms with Crippen LogP contribution in [-0.4, -0.2) is 49.3 Å². The van der Waals surface area contributed by atoms with Crippen molar-refractivity contribution in [3.05, 3.63) is 49.1 Å². The van der Waals surface area contributed by atoms with Gasteiger partial charge in [-0.3, -0.25) is 14.4 Å². The number of amides is 3. The van der Waals surface area contributed by atoms with Crippen LogP contribution in [0.2, 0.25) is 0 Å². The van der Waals surface area contributed by atoms with Gasteiger partial charge in [-0.25, -0.2) is 0 Å². The third-order valence-corrected chi connectivity index (χ3v) is 6.41. The zero-order valence-electron chi connectivity index (χ0n) is 21.5. The molecule has 2 N–H and O–H groups in total. The van der Waals surface area contributed by atoms with E-state index in [9.17, 15) is 14.4 Å². The SMILES string of the molecule is C=C/C=C(\C=C)C[C@H](C)C(=O)N(C)CC(=O)NCCNC(=O)CCC(=C)CC1CCC[C@H](C)C1. The molecule has 1 rings (SSSR count). The summed E-state index contributed by atoms with van der Waals surface area (Å²) in [6.45, 7) is 16.4. The molecular weight excluding hydrogens is 426 g/mol. The highest BCUT2D eigenvalue weighted by Gasteiger charge is 2.21. The maximum Gasteiger partial charge on any atom is 0.239 e. The van der Waals surface area contributed by atoms with E-state index in [2.05, 4.69) is 37.3 Å². The standard InChI is InChI=1S/C28H45N3O3/c1-7-10-24(8-2)19-23(5)28(34)31(6)20-27(33)30-16-15-29-26(32)14-13-22(4)18-25-12-9-11-21(3)17-25/h7-8,10,21,23,25H,1-2,4,9,11-20H2,3,5-6H3,(H,29,32)(H,30,33)/b24-10+/t21-,23-,25?/m0/s1. The topological polar surface area (TPSA) is 78.5 Å². The van der Waals surface area contributed by atoms with E-state index in [-0.39, 0.29) is 30.2 Å². The van der Waals surface area contributed by atoms with Crippen molar-refractivity contribution in [2.24, 2.45) is 17.8 Å². The number of nitrogens with one attached hydrogen (secondary N) is 2. The second-order valence-electron chi connectivity index (χ2n) is 9.77.